The molecular weight excluding hydrogens is 238 g/mol. The fourth-order valence-corrected chi connectivity index (χ4v) is 1.98. The zero-order valence-electron chi connectivity index (χ0n) is 12.2. The zero-order valence-corrected chi connectivity index (χ0v) is 12.2. The Bertz CT molecular complexity index is 154. The molecule has 0 heterocycles. The van der Waals surface area contributed by atoms with Gasteiger partial charge in [-0.25, -0.2) is 0 Å². The maximum atomic E-state index is 9.17. The molecule has 0 amide bonds. The number of hydrogen-bond acceptors (Lipinski definition) is 3. The minimum atomic E-state index is -0.492. The van der Waals surface area contributed by atoms with E-state index in [-0.39, 0.29) is 14.0 Å². The topological polar surface area (TPSA) is 55.5 Å². The van der Waals surface area contributed by atoms with Crippen LogP contribution in [0.5, 0.6) is 0 Å². The van der Waals surface area contributed by atoms with Crippen LogP contribution in [0.2, 0.25) is 0 Å². The van der Waals surface area contributed by atoms with Gasteiger partial charge < -0.3 is 15.6 Å². The normalized spacial score (nSPS) is 12.2. The quantitative estimate of drug-likeness (QED) is 0.473. The van der Waals surface area contributed by atoms with Crippen molar-refractivity contribution < 1.29 is 9.84 Å². The van der Waals surface area contributed by atoms with Crippen LogP contribution in [0, 0.1) is 0 Å². The molecule has 0 rings (SSSR count). The van der Waals surface area contributed by atoms with Crippen LogP contribution >= 0.6 is 0 Å². The van der Waals surface area contributed by atoms with E-state index in [2.05, 4.69) is 6.92 Å². The predicted molar refractivity (Wildman–Crippen MR) is 84.5 cm³/mol. The number of unbranched alkanes of at least 4 members (excludes halogenated alkanes) is 9. The third kappa shape index (κ3) is 17.9. The van der Waals surface area contributed by atoms with E-state index in [4.69, 9.17) is 15.6 Å². The summed E-state index contributed by atoms with van der Waals surface area (Å²) in [5, 5.41) is 9.17. The van der Waals surface area contributed by atoms with Gasteiger partial charge in [-0.15, -0.1) is 0 Å². The first-order chi connectivity index (χ1) is 8.81. The molecule has 0 fully saturated rings. The first-order valence-corrected chi connectivity index (χ1v) is 7.77. The average molecular weight is 275 g/mol. The molecule has 3 heteroatoms. The average Bonchev–Trinajstić information content (AvgIpc) is 2.39. The SMILES string of the molecule is C.CCCCCCCCCCCCOCC(O)CN. The molecule has 0 bridgehead atoms. The van der Waals surface area contributed by atoms with Gasteiger partial charge in [-0.1, -0.05) is 72.1 Å². The standard InChI is InChI=1S/C15H33NO2.CH4/c1-2-3-4-5-6-7-8-9-10-11-12-18-14-15(17)13-16;/h15,17H,2-14,16H2,1H3;1H4. The van der Waals surface area contributed by atoms with E-state index in [1.807, 2.05) is 0 Å². The fraction of sp³-hybridized carbons (Fsp3) is 1.00. The van der Waals surface area contributed by atoms with Crippen molar-refractivity contribution in [2.24, 2.45) is 5.73 Å². The van der Waals surface area contributed by atoms with E-state index in [0.717, 1.165) is 13.0 Å². The molecule has 0 spiro atoms. The van der Waals surface area contributed by atoms with E-state index in [1.54, 1.807) is 0 Å². The fourth-order valence-electron chi connectivity index (χ4n) is 1.98. The predicted octanol–water partition coefficient (Wildman–Crippen LogP) is 3.88. The minimum Gasteiger partial charge on any atom is -0.389 e. The highest BCUT2D eigenvalue weighted by Crippen LogP contribution is 2.10. The van der Waals surface area contributed by atoms with Crippen LogP contribution in [0.4, 0.5) is 0 Å². The monoisotopic (exact) mass is 275 g/mol. The first-order valence-electron chi connectivity index (χ1n) is 7.77. The molecule has 0 aromatic rings. The number of aliphatic hydroxyl groups excluding tert-OH is 1. The third-order valence-corrected chi connectivity index (χ3v) is 3.22. The Kier molecular flexibility index (Phi) is 19.9. The molecule has 0 aliphatic carbocycles. The molecule has 3 N–H and O–H groups in total. The molecule has 118 valence electrons. The van der Waals surface area contributed by atoms with Crippen molar-refractivity contribution in [2.75, 3.05) is 19.8 Å². The molecule has 0 aliphatic heterocycles. The molecule has 0 saturated heterocycles. The second-order valence-corrected chi connectivity index (χ2v) is 5.15. The second kappa shape index (κ2) is 17.9. The van der Waals surface area contributed by atoms with Gasteiger partial charge in [-0.3, -0.25) is 0 Å². The summed E-state index contributed by atoms with van der Waals surface area (Å²) in [4.78, 5) is 0. The van der Waals surface area contributed by atoms with Gasteiger partial charge >= 0.3 is 0 Å². The van der Waals surface area contributed by atoms with E-state index in [1.165, 1.54) is 57.8 Å². The first kappa shape index (κ1) is 21.2. The van der Waals surface area contributed by atoms with Gasteiger partial charge in [0.2, 0.25) is 0 Å². The Morgan fingerprint density at radius 2 is 1.37 bits per heavy atom. The number of ether oxygens (including phenoxy) is 1. The van der Waals surface area contributed by atoms with Crippen molar-refractivity contribution in [1.29, 1.82) is 0 Å². The molecule has 0 aromatic carbocycles. The molecule has 19 heavy (non-hydrogen) atoms. The highest BCUT2D eigenvalue weighted by molar-refractivity contribution is 4.52. The summed E-state index contributed by atoms with van der Waals surface area (Å²) in [5.74, 6) is 0. The smallest absolute Gasteiger partial charge is 0.0895 e. The second-order valence-electron chi connectivity index (χ2n) is 5.15. The molecule has 1 unspecified atom stereocenters. The van der Waals surface area contributed by atoms with Crippen molar-refractivity contribution in [1.82, 2.24) is 0 Å². The van der Waals surface area contributed by atoms with Crippen molar-refractivity contribution >= 4 is 0 Å². The van der Waals surface area contributed by atoms with Gasteiger partial charge in [0.25, 0.3) is 0 Å². The van der Waals surface area contributed by atoms with Gasteiger partial charge in [0.15, 0.2) is 0 Å². The summed E-state index contributed by atoms with van der Waals surface area (Å²) >= 11 is 0. The zero-order chi connectivity index (χ0) is 13.5. The number of hydrogen-bond donors (Lipinski definition) is 2. The summed E-state index contributed by atoms with van der Waals surface area (Å²) in [6.07, 6.45) is 12.9. The summed E-state index contributed by atoms with van der Waals surface area (Å²) in [7, 11) is 0. The highest BCUT2D eigenvalue weighted by Gasteiger charge is 1.99. The Balaban J connectivity index is 0. The van der Waals surface area contributed by atoms with Crippen molar-refractivity contribution in [3.8, 4) is 0 Å². The maximum absolute atomic E-state index is 9.17. The van der Waals surface area contributed by atoms with Crippen molar-refractivity contribution in [3.05, 3.63) is 0 Å². The van der Waals surface area contributed by atoms with Gasteiger partial charge in [0.1, 0.15) is 0 Å². The molecule has 0 aliphatic rings. The summed E-state index contributed by atoms with van der Waals surface area (Å²) in [6, 6.07) is 0. The molecule has 0 radical (unpaired) electrons. The maximum Gasteiger partial charge on any atom is 0.0895 e. The van der Waals surface area contributed by atoms with Gasteiger partial charge in [0, 0.05) is 13.2 Å². The summed E-state index contributed by atoms with van der Waals surface area (Å²) in [5.41, 5.74) is 5.28. The van der Waals surface area contributed by atoms with Crippen molar-refractivity contribution in [2.45, 2.75) is 84.7 Å². The van der Waals surface area contributed by atoms with Crippen LogP contribution in [0.15, 0.2) is 0 Å². The van der Waals surface area contributed by atoms with Crippen LogP contribution in [0.3, 0.4) is 0 Å². The molecule has 0 saturated carbocycles. The van der Waals surface area contributed by atoms with Crippen LogP contribution in [-0.2, 0) is 4.74 Å². The van der Waals surface area contributed by atoms with Crippen LogP contribution in [0.25, 0.3) is 0 Å². The van der Waals surface area contributed by atoms with E-state index in [0.29, 0.717) is 6.61 Å². The lowest BCUT2D eigenvalue weighted by molar-refractivity contribution is 0.0396. The van der Waals surface area contributed by atoms with Gasteiger partial charge in [0.05, 0.1) is 12.7 Å². The summed E-state index contributed by atoms with van der Waals surface area (Å²) < 4.78 is 5.33. The Labute approximate surface area is 120 Å². The van der Waals surface area contributed by atoms with E-state index in [9.17, 15) is 0 Å². The molecule has 3 nitrogen and oxygen atoms in total. The van der Waals surface area contributed by atoms with E-state index < -0.39 is 6.10 Å². The van der Waals surface area contributed by atoms with Gasteiger partial charge in [-0.2, -0.15) is 0 Å². The van der Waals surface area contributed by atoms with Crippen LogP contribution in [0.1, 0.15) is 78.6 Å². The Morgan fingerprint density at radius 1 is 0.895 bits per heavy atom. The van der Waals surface area contributed by atoms with Crippen molar-refractivity contribution in [3.63, 3.8) is 0 Å². The minimum absolute atomic E-state index is 0. The lowest BCUT2D eigenvalue weighted by Gasteiger charge is -2.08. The van der Waals surface area contributed by atoms with E-state index >= 15 is 0 Å². The lowest BCUT2D eigenvalue weighted by Crippen LogP contribution is -2.25. The largest absolute Gasteiger partial charge is 0.389 e. The highest BCUT2D eigenvalue weighted by atomic mass is 16.5. The Hall–Kier alpha value is -0.120. The third-order valence-electron chi connectivity index (χ3n) is 3.22. The number of rotatable bonds is 14. The van der Waals surface area contributed by atoms with Crippen LogP contribution in [-0.4, -0.2) is 31.0 Å². The number of aliphatic hydroxyl groups is 1. The van der Waals surface area contributed by atoms with Gasteiger partial charge in [-0.05, 0) is 6.42 Å². The molecule has 0 aromatic heterocycles. The summed E-state index contributed by atoms with van der Waals surface area (Å²) in [6.45, 7) is 3.69. The number of nitrogens with two attached hydrogens (primary N) is 1. The molecule has 1 atom stereocenters. The Morgan fingerprint density at radius 3 is 1.84 bits per heavy atom. The van der Waals surface area contributed by atoms with Crippen LogP contribution < -0.4 is 5.73 Å². The molecular formula is C16H37NO2. The lowest BCUT2D eigenvalue weighted by atomic mass is 10.1.